The highest BCUT2D eigenvalue weighted by molar-refractivity contribution is 5.43. The molecule has 0 amide bonds. The van der Waals surface area contributed by atoms with Crippen LogP contribution in [0.2, 0.25) is 0 Å². The minimum Gasteiger partial charge on any atom is -0.393 e. The van der Waals surface area contributed by atoms with E-state index in [1.807, 2.05) is 0 Å². The molecular formula is C13H15FN4O3. The van der Waals surface area contributed by atoms with Gasteiger partial charge in [0, 0.05) is 0 Å². The quantitative estimate of drug-likeness (QED) is 0.781. The first kappa shape index (κ1) is 14.1. The van der Waals surface area contributed by atoms with Gasteiger partial charge in [-0.25, -0.2) is 18.9 Å². The lowest BCUT2D eigenvalue weighted by Gasteiger charge is -2.25. The van der Waals surface area contributed by atoms with Gasteiger partial charge in [0.15, 0.2) is 11.8 Å². The summed E-state index contributed by atoms with van der Waals surface area (Å²) in [6.07, 6.45) is -0.372. The molecule has 0 spiro atoms. The predicted molar refractivity (Wildman–Crippen MR) is 70.3 cm³/mol. The monoisotopic (exact) mass is 294 g/mol. The number of imidazole rings is 1. The van der Waals surface area contributed by atoms with Crippen molar-refractivity contribution in [3.05, 3.63) is 36.6 Å². The fourth-order valence-electron chi connectivity index (χ4n) is 2.54. The zero-order valence-electron chi connectivity index (χ0n) is 11.3. The maximum atomic E-state index is 14.4. The largest absolute Gasteiger partial charge is 0.393 e. The number of aromatic nitrogens is 4. The van der Waals surface area contributed by atoms with E-state index in [9.17, 15) is 14.6 Å². The Bertz CT molecular complexity index is 691. The Kier molecular flexibility index (Phi) is 3.23. The molecule has 8 heteroatoms. The molecule has 0 unspecified atom stereocenters. The van der Waals surface area contributed by atoms with Gasteiger partial charge in [0.2, 0.25) is 0 Å². The Morgan fingerprint density at radius 2 is 2.33 bits per heavy atom. The van der Waals surface area contributed by atoms with Crippen LogP contribution in [-0.4, -0.2) is 54.3 Å². The van der Waals surface area contributed by atoms with E-state index in [1.165, 1.54) is 23.1 Å². The van der Waals surface area contributed by atoms with Crippen molar-refractivity contribution in [2.45, 2.75) is 30.9 Å². The zero-order valence-corrected chi connectivity index (χ0v) is 11.3. The van der Waals surface area contributed by atoms with Crippen LogP contribution in [0.25, 0.3) is 5.65 Å². The molecule has 0 saturated carbocycles. The SMILES string of the molecule is C=C[C@]1(CO)O[C@@H](c2cnc3c(C)ncnn23)[C@H](F)[C@@H]1O. The number of hydrogen-bond donors (Lipinski definition) is 2. The van der Waals surface area contributed by atoms with Gasteiger partial charge in [-0.2, -0.15) is 5.10 Å². The number of ether oxygens (including phenoxy) is 1. The van der Waals surface area contributed by atoms with Crippen molar-refractivity contribution in [3.63, 3.8) is 0 Å². The number of aryl methyl sites for hydroxylation is 1. The second-order valence-corrected chi connectivity index (χ2v) is 5.01. The number of nitrogens with zero attached hydrogens (tertiary/aromatic N) is 4. The Balaban J connectivity index is 2.08. The van der Waals surface area contributed by atoms with Crippen LogP contribution in [0.4, 0.5) is 4.39 Å². The summed E-state index contributed by atoms with van der Waals surface area (Å²) in [5, 5.41) is 23.4. The van der Waals surface area contributed by atoms with E-state index in [0.29, 0.717) is 17.0 Å². The number of aliphatic hydroxyl groups excluding tert-OH is 2. The van der Waals surface area contributed by atoms with Gasteiger partial charge >= 0.3 is 0 Å². The number of alkyl halides is 1. The first-order chi connectivity index (χ1) is 10.0. The number of hydrogen-bond acceptors (Lipinski definition) is 6. The minimum absolute atomic E-state index is 0.347. The maximum Gasteiger partial charge on any atom is 0.175 e. The summed E-state index contributed by atoms with van der Waals surface area (Å²) in [5.74, 6) is 0. The van der Waals surface area contributed by atoms with Gasteiger partial charge in [0.25, 0.3) is 0 Å². The normalized spacial score (nSPS) is 32.7. The van der Waals surface area contributed by atoms with Gasteiger partial charge in [0.05, 0.1) is 24.2 Å². The summed E-state index contributed by atoms with van der Waals surface area (Å²) >= 11 is 0. The molecule has 2 aromatic heterocycles. The van der Waals surface area contributed by atoms with E-state index >= 15 is 0 Å². The van der Waals surface area contributed by atoms with Crippen LogP contribution in [0.15, 0.2) is 25.2 Å². The molecule has 2 N–H and O–H groups in total. The molecule has 7 nitrogen and oxygen atoms in total. The third-order valence-corrected chi connectivity index (χ3v) is 3.83. The van der Waals surface area contributed by atoms with Crippen LogP contribution >= 0.6 is 0 Å². The van der Waals surface area contributed by atoms with Crippen LogP contribution in [0, 0.1) is 6.92 Å². The fraction of sp³-hybridized carbons (Fsp3) is 0.462. The molecule has 0 radical (unpaired) electrons. The molecule has 4 atom stereocenters. The third-order valence-electron chi connectivity index (χ3n) is 3.83. The standard InChI is InChI=1S/C13H15FN4O3/c1-3-13(5-19)11(20)9(14)10(21-13)8-4-15-12-7(2)16-6-17-18(8)12/h3-4,6,9-11,19-20H,1,5H2,2H3/t9-,10-,11-,13+/m0/s1. The first-order valence-electron chi connectivity index (χ1n) is 6.43. The van der Waals surface area contributed by atoms with E-state index < -0.39 is 30.6 Å². The molecule has 1 aliphatic rings. The molecule has 21 heavy (non-hydrogen) atoms. The highest BCUT2D eigenvalue weighted by Crippen LogP contribution is 2.42. The smallest absolute Gasteiger partial charge is 0.175 e. The Hall–Kier alpha value is -1.90. The zero-order chi connectivity index (χ0) is 15.2. The molecule has 1 saturated heterocycles. The van der Waals surface area contributed by atoms with Crippen molar-refractivity contribution >= 4 is 5.65 Å². The van der Waals surface area contributed by atoms with Gasteiger partial charge in [-0.05, 0) is 6.92 Å². The molecule has 3 rings (SSSR count). The van der Waals surface area contributed by atoms with Crippen molar-refractivity contribution in [3.8, 4) is 0 Å². The summed E-state index contributed by atoms with van der Waals surface area (Å²) < 4.78 is 21.4. The molecular weight excluding hydrogens is 279 g/mol. The first-order valence-corrected chi connectivity index (χ1v) is 6.43. The Morgan fingerprint density at radius 3 is 2.95 bits per heavy atom. The summed E-state index contributed by atoms with van der Waals surface area (Å²) in [5.41, 5.74) is -0.0597. The van der Waals surface area contributed by atoms with Crippen molar-refractivity contribution < 1.29 is 19.3 Å². The number of fused-ring (bicyclic) bond motifs is 1. The molecule has 1 fully saturated rings. The van der Waals surface area contributed by atoms with Crippen LogP contribution < -0.4 is 0 Å². The van der Waals surface area contributed by atoms with E-state index in [4.69, 9.17) is 4.74 Å². The van der Waals surface area contributed by atoms with E-state index in [2.05, 4.69) is 21.6 Å². The second-order valence-electron chi connectivity index (χ2n) is 5.01. The van der Waals surface area contributed by atoms with Gasteiger partial charge in [-0.3, -0.25) is 0 Å². The molecule has 1 aliphatic heterocycles. The van der Waals surface area contributed by atoms with E-state index in [1.54, 1.807) is 6.92 Å². The Morgan fingerprint density at radius 1 is 1.57 bits per heavy atom. The summed E-state index contributed by atoms with van der Waals surface area (Å²) in [7, 11) is 0. The van der Waals surface area contributed by atoms with Gasteiger partial charge in [0.1, 0.15) is 24.1 Å². The Labute approximate surface area is 119 Å². The highest BCUT2D eigenvalue weighted by Gasteiger charge is 2.54. The fourth-order valence-corrected chi connectivity index (χ4v) is 2.54. The van der Waals surface area contributed by atoms with Crippen LogP contribution in [-0.2, 0) is 4.74 Å². The summed E-state index contributed by atoms with van der Waals surface area (Å²) in [6.45, 7) is 4.69. The van der Waals surface area contributed by atoms with Crippen molar-refractivity contribution in [1.29, 1.82) is 0 Å². The number of halogens is 1. The molecule has 0 aliphatic carbocycles. The second kappa shape index (κ2) is 4.83. The van der Waals surface area contributed by atoms with Crippen molar-refractivity contribution in [2.75, 3.05) is 6.61 Å². The van der Waals surface area contributed by atoms with Crippen molar-refractivity contribution in [1.82, 2.24) is 19.6 Å². The molecule has 0 aromatic carbocycles. The van der Waals surface area contributed by atoms with Gasteiger partial charge in [-0.1, -0.05) is 6.08 Å². The molecule has 2 aromatic rings. The number of rotatable bonds is 3. The van der Waals surface area contributed by atoms with Crippen molar-refractivity contribution in [2.24, 2.45) is 0 Å². The van der Waals surface area contributed by atoms with Crippen LogP contribution in [0.1, 0.15) is 17.5 Å². The minimum atomic E-state index is -1.73. The maximum absolute atomic E-state index is 14.4. The molecule has 0 bridgehead atoms. The molecule has 112 valence electrons. The lowest BCUT2D eigenvalue weighted by Crippen LogP contribution is -2.43. The lowest BCUT2D eigenvalue weighted by atomic mass is 9.96. The highest BCUT2D eigenvalue weighted by atomic mass is 19.1. The number of aliphatic hydroxyl groups is 2. The summed E-state index contributed by atoms with van der Waals surface area (Å²) in [4.78, 5) is 8.15. The van der Waals surface area contributed by atoms with E-state index in [0.717, 1.165) is 0 Å². The summed E-state index contributed by atoms with van der Waals surface area (Å²) in [6, 6.07) is 0. The average molecular weight is 294 g/mol. The third kappa shape index (κ3) is 1.87. The predicted octanol–water partition coefficient (Wildman–Crippen LogP) is 0.120. The van der Waals surface area contributed by atoms with Crippen LogP contribution in [0.3, 0.4) is 0 Å². The van der Waals surface area contributed by atoms with Gasteiger partial charge < -0.3 is 14.9 Å². The van der Waals surface area contributed by atoms with E-state index in [-0.39, 0.29) is 0 Å². The average Bonchev–Trinajstić information content (AvgIpc) is 3.02. The molecule has 3 heterocycles. The van der Waals surface area contributed by atoms with Crippen LogP contribution in [0.5, 0.6) is 0 Å². The topological polar surface area (TPSA) is 92.8 Å². The lowest BCUT2D eigenvalue weighted by molar-refractivity contribution is -0.0798. The van der Waals surface area contributed by atoms with Gasteiger partial charge in [-0.15, -0.1) is 6.58 Å².